The van der Waals surface area contributed by atoms with Gasteiger partial charge in [0.2, 0.25) is 0 Å². The maximum atomic E-state index is 9.95. The quantitative estimate of drug-likeness (QED) is 0.232. The second kappa shape index (κ2) is 8.98. The number of hydrogen-bond acceptors (Lipinski definition) is 2. The van der Waals surface area contributed by atoms with Crippen molar-refractivity contribution in [3.05, 3.63) is 132 Å². The number of nitrogens with zero attached hydrogens (tertiary/aromatic N) is 4. The summed E-state index contributed by atoms with van der Waals surface area (Å²) in [5, 5.41) is 23.5. The van der Waals surface area contributed by atoms with Gasteiger partial charge in [-0.3, -0.25) is 0 Å². The third-order valence-corrected chi connectivity index (χ3v) is 8.53. The van der Waals surface area contributed by atoms with E-state index in [1.807, 2.05) is 24.3 Å². The molecule has 4 nitrogen and oxygen atoms in total. The van der Waals surface area contributed by atoms with Crippen molar-refractivity contribution in [3.8, 4) is 34.6 Å². The number of nitriles is 2. The number of aromatic nitrogens is 2. The molecule has 192 valence electrons. The van der Waals surface area contributed by atoms with Gasteiger partial charge in [-0.2, -0.15) is 10.5 Å². The van der Waals surface area contributed by atoms with Crippen LogP contribution in [-0.4, -0.2) is 9.13 Å². The summed E-state index contributed by atoms with van der Waals surface area (Å²) in [7, 11) is 0. The molecule has 5 aromatic carbocycles. The van der Waals surface area contributed by atoms with Gasteiger partial charge in [-0.05, 0) is 67.3 Å². The monoisotopic (exact) mass is 524 g/mol. The maximum Gasteiger partial charge on any atom is 0.0992 e. The molecule has 2 heterocycles. The van der Waals surface area contributed by atoms with Crippen molar-refractivity contribution in [2.75, 3.05) is 0 Å². The molecular formula is C37H24N4. The summed E-state index contributed by atoms with van der Waals surface area (Å²) < 4.78 is 4.66. The summed E-state index contributed by atoms with van der Waals surface area (Å²) in [6.45, 7) is 0. The Morgan fingerprint density at radius 3 is 1.56 bits per heavy atom. The molecule has 2 aromatic heterocycles. The molecule has 0 spiro atoms. The van der Waals surface area contributed by atoms with E-state index in [4.69, 9.17) is 0 Å². The van der Waals surface area contributed by atoms with E-state index in [1.54, 1.807) is 0 Å². The number of rotatable bonds is 3. The molecule has 0 N–H and O–H groups in total. The van der Waals surface area contributed by atoms with Gasteiger partial charge in [0.05, 0.1) is 51.2 Å². The van der Waals surface area contributed by atoms with Gasteiger partial charge < -0.3 is 9.13 Å². The van der Waals surface area contributed by atoms with Crippen molar-refractivity contribution >= 4 is 32.7 Å². The Balaban J connectivity index is 1.49. The average molecular weight is 525 g/mol. The minimum atomic E-state index is 0.605. The van der Waals surface area contributed by atoms with Gasteiger partial charge >= 0.3 is 0 Å². The Hall–Kier alpha value is -5.58. The van der Waals surface area contributed by atoms with E-state index in [0.717, 1.165) is 52.8 Å². The lowest BCUT2D eigenvalue weighted by Gasteiger charge is -2.19. The predicted octanol–water partition coefficient (Wildman–Crippen LogP) is 8.63. The van der Waals surface area contributed by atoms with E-state index in [2.05, 4.69) is 106 Å². The zero-order chi connectivity index (χ0) is 27.5. The van der Waals surface area contributed by atoms with E-state index in [9.17, 15) is 10.5 Å². The van der Waals surface area contributed by atoms with Crippen LogP contribution in [0.1, 0.15) is 28.8 Å². The smallest absolute Gasteiger partial charge is 0.0992 e. The van der Waals surface area contributed by atoms with E-state index in [0.29, 0.717) is 11.1 Å². The summed E-state index contributed by atoms with van der Waals surface area (Å²) in [5.74, 6) is 0. The number of aryl methyl sites for hydroxylation is 1. The maximum absolute atomic E-state index is 9.95. The number of benzene rings is 5. The molecular weight excluding hydrogens is 500 g/mol. The van der Waals surface area contributed by atoms with Crippen LogP contribution in [0.25, 0.3) is 55.2 Å². The zero-order valence-electron chi connectivity index (χ0n) is 22.3. The van der Waals surface area contributed by atoms with Gasteiger partial charge in [-0.25, -0.2) is 0 Å². The van der Waals surface area contributed by atoms with Crippen molar-refractivity contribution in [1.29, 1.82) is 10.5 Å². The van der Waals surface area contributed by atoms with Crippen LogP contribution in [0.15, 0.2) is 109 Å². The first-order valence-electron chi connectivity index (χ1n) is 14.0. The molecule has 1 aliphatic carbocycles. The molecule has 0 aliphatic heterocycles. The van der Waals surface area contributed by atoms with Crippen LogP contribution in [0.3, 0.4) is 0 Å². The molecule has 8 rings (SSSR count). The molecule has 0 fully saturated rings. The first-order valence-corrected chi connectivity index (χ1v) is 14.0. The number of fused-ring (bicyclic) bond motifs is 6. The Kier molecular flexibility index (Phi) is 5.11. The first kappa shape index (κ1) is 23.3. The Morgan fingerprint density at radius 2 is 1.00 bits per heavy atom. The molecule has 7 aromatic rings. The van der Waals surface area contributed by atoms with Crippen molar-refractivity contribution in [2.45, 2.75) is 19.3 Å². The van der Waals surface area contributed by atoms with Crippen molar-refractivity contribution in [2.24, 2.45) is 0 Å². The molecule has 0 saturated heterocycles. The summed E-state index contributed by atoms with van der Waals surface area (Å²) >= 11 is 0. The van der Waals surface area contributed by atoms with Gasteiger partial charge in [-0.15, -0.1) is 0 Å². The lowest BCUT2D eigenvalue weighted by atomic mass is 9.97. The van der Waals surface area contributed by atoms with E-state index >= 15 is 0 Å². The molecule has 0 amide bonds. The van der Waals surface area contributed by atoms with E-state index in [1.165, 1.54) is 32.9 Å². The van der Waals surface area contributed by atoms with Crippen molar-refractivity contribution in [1.82, 2.24) is 9.13 Å². The van der Waals surface area contributed by atoms with E-state index in [-0.39, 0.29) is 0 Å². The highest BCUT2D eigenvalue weighted by Crippen LogP contribution is 2.42. The van der Waals surface area contributed by atoms with Crippen LogP contribution in [0, 0.1) is 22.7 Å². The normalized spacial score (nSPS) is 12.5. The lowest BCUT2D eigenvalue weighted by molar-refractivity contribution is 0.874. The second-order valence-electron chi connectivity index (χ2n) is 10.7. The fourth-order valence-electron chi connectivity index (χ4n) is 6.82. The highest BCUT2D eigenvalue weighted by Gasteiger charge is 2.25. The Bertz CT molecular complexity index is 2210. The fraction of sp³-hybridized carbons (Fsp3) is 0.0811. The van der Waals surface area contributed by atoms with E-state index < -0.39 is 0 Å². The molecule has 0 unspecified atom stereocenters. The van der Waals surface area contributed by atoms with Crippen LogP contribution in [0.4, 0.5) is 0 Å². The number of hydrogen-bond donors (Lipinski definition) is 0. The van der Waals surface area contributed by atoms with Gasteiger partial charge in [-0.1, -0.05) is 66.7 Å². The van der Waals surface area contributed by atoms with Gasteiger partial charge in [0.1, 0.15) is 0 Å². The fourth-order valence-corrected chi connectivity index (χ4v) is 6.82. The van der Waals surface area contributed by atoms with Gasteiger partial charge in [0, 0.05) is 33.0 Å². The third kappa shape index (κ3) is 3.38. The number of para-hydroxylation sites is 3. The van der Waals surface area contributed by atoms with Gasteiger partial charge in [0.25, 0.3) is 0 Å². The predicted molar refractivity (Wildman–Crippen MR) is 165 cm³/mol. The lowest BCUT2D eigenvalue weighted by Crippen LogP contribution is -2.04. The molecule has 0 bridgehead atoms. The summed E-state index contributed by atoms with van der Waals surface area (Å²) in [4.78, 5) is 0. The Labute approximate surface area is 237 Å². The minimum Gasteiger partial charge on any atom is -0.313 e. The van der Waals surface area contributed by atoms with Crippen molar-refractivity contribution < 1.29 is 0 Å². The van der Waals surface area contributed by atoms with Crippen LogP contribution < -0.4 is 0 Å². The van der Waals surface area contributed by atoms with Crippen LogP contribution in [-0.2, 0) is 12.8 Å². The molecule has 41 heavy (non-hydrogen) atoms. The summed E-state index contributed by atoms with van der Waals surface area (Å²) in [6.07, 6.45) is 3.21. The topological polar surface area (TPSA) is 57.4 Å². The van der Waals surface area contributed by atoms with Crippen molar-refractivity contribution in [3.63, 3.8) is 0 Å². The molecule has 1 aliphatic rings. The SMILES string of the molecule is N#Cc1ccc(-c2ccc(C#N)cc2-n2c3ccccc3c3ccccc32)c(-n2c3c(c4ccccc42)CCC3)c1. The zero-order valence-corrected chi connectivity index (χ0v) is 22.3. The van der Waals surface area contributed by atoms with Crippen LogP contribution >= 0.6 is 0 Å². The average Bonchev–Trinajstić information content (AvgIpc) is 3.72. The first-order chi connectivity index (χ1) is 20.3. The van der Waals surface area contributed by atoms with Crippen LogP contribution in [0.5, 0.6) is 0 Å². The molecule has 0 radical (unpaired) electrons. The largest absolute Gasteiger partial charge is 0.313 e. The highest BCUT2D eigenvalue weighted by molar-refractivity contribution is 6.10. The standard InChI is InChI=1S/C37H24N4/c38-22-24-16-18-30(36(20-24)40-32-12-4-1-8-26(32)27-9-2-5-13-33(27)40)31-19-17-25(23-39)21-37(31)41-34-14-6-3-10-28(34)29-11-7-15-35(29)41/h1-6,8-10,12-14,16-21H,7,11,15H2. The highest BCUT2D eigenvalue weighted by atomic mass is 15.0. The van der Waals surface area contributed by atoms with Gasteiger partial charge in [0.15, 0.2) is 0 Å². The minimum absolute atomic E-state index is 0.605. The summed E-state index contributed by atoms with van der Waals surface area (Å²) in [5.41, 5.74) is 11.3. The third-order valence-electron chi connectivity index (χ3n) is 8.53. The molecule has 0 atom stereocenters. The Morgan fingerprint density at radius 1 is 0.512 bits per heavy atom. The summed E-state index contributed by atoms with van der Waals surface area (Å²) in [6, 6.07) is 42.2. The van der Waals surface area contributed by atoms with Crippen LogP contribution in [0.2, 0.25) is 0 Å². The molecule has 0 saturated carbocycles. The second-order valence-corrected chi connectivity index (χ2v) is 10.7. The molecule has 4 heteroatoms.